The summed E-state index contributed by atoms with van der Waals surface area (Å²) in [6.07, 6.45) is 0. The first-order chi connectivity index (χ1) is 14.8. The van der Waals surface area contributed by atoms with Gasteiger partial charge in [0, 0.05) is 25.3 Å². The van der Waals surface area contributed by atoms with Crippen LogP contribution in [0.2, 0.25) is 0 Å². The van der Waals surface area contributed by atoms with E-state index in [9.17, 15) is 19.2 Å². The number of methoxy groups -OCH3 is 2. The molecule has 2 aromatic rings. The first kappa shape index (κ1) is 23.2. The summed E-state index contributed by atoms with van der Waals surface area (Å²) >= 11 is 0. The molecular formula is C21H24N4O6. The Labute approximate surface area is 179 Å². The van der Waals surface area contributed by atoms with Gasteiger partial charge in [-0.1, -0.05) is 0 Å². The van der Waals surface area contributed by atoms with Crippen LogP contribution in [0.3, 0.4) is 0 Å². The molecule has 0 heterocycles. The molecule has 10 heteroatoms. The largest absolute Gasteiger partial charge is 0.496 e. The normalized spacial score (nSPS) is 9.94. The van der Waals surface area contributed by atoms with Gasteiger partial charge in [-0.05, 0) is 36.4 Å². The van der Waals surface area contributed by atoms with Crippen molar-refractivity contribution in [1.82, 2.24) is 10.6 Å². The van der Waals surface area contributed by atoms with E-state index in [-0.39, 0.29) is 35.2 Å². The number of rotatable bonds is 8. The molecule has 0 saturated carbocycles. The first-order valence-corrected chi connectivity index (χ1v) is 9.22. The lowest BCUT2D eigenvalue weighted by atomic mass is 10.1. The standard InChI is InChI=1S/C21H24N4O6/c1-12(26)24-13-5-7-18(31-4)16(9-13)21(29)23-11-19(27)25-14-6-8-17(30-3)15(10-14)20(28)22-2/h5-10H,11H2,1-4H3,(H,22,28)(H,23,29)(H,24,26)(H,25,27). The fourth-order valence-electron chi connectivity index (χ4n) is 2.73. The predicted molar refractivity (Wildman–Crippen MR) is 115 cm³/mol. The second-order valence-corrected chi connectivity index (χ2v) is 6.32. The maximum atomic E-state index is 12.5. The monoisotopic (exact) mass is 428 g/mol. The number of amides is 4. The van der Waals surface area contributed by atoms with Gasteiger partial charge in [0.05, 0.1) is 31.9 Å². The fraction of sp³-hybridized carbons (Fsp3) is 0.238. The highest BCUT2D eigenvalue weighted by Gasteiger charge is 2.16. The van der Waals surface area contributed by atoms with Crippen molar-refractivity contribution in [3.05, 3.63) is 47.5 Å². The van der Waals surface area contributed by atoms with Crippen molar-refractivity contribution in [3.8, 4) is 11.5 Å². The van der Waals surface area contributed by atoms with E-state index in [2.05, 4.69) is 21.3 Å². The Hall–Kier alpha value is -4.08. The summed E-state index contributed by atoms with van der Waals surface area (Å²) in [6.45, 7) is 1.02. The van der Waals surface area contributed by atoms with E-state index in [1.54, 1.807) is 18.2 Å². The topological polar surface area (TPSA) is 135 Å². The molecule has 0 aliphatic heterocycles. The lowest BCUT2D eigenvalue weighted by Gasteiger charge is -2.13. The highest BCUT2D eigenvalue weighted by atomic mass is 16.5. The average molecular weight is 428 g/mol. The van der Waals surface area contributed by atoms with E-state index in [1.165, 1.54) is 46.4 Å². The molecule has 0 fully saturated rings. The molecular weight excluding hydrogens is 404 g/mol. The third-order valence-electron chi connectivity index (χ3n) is 4.13. The molecule has 0 unspecified atom stereocenters. The summed E-state index contributed by atoms with van der Waals surface area (Å²) in [4.78, 5) is 48.0. The van der Waals surface area contributed by atoms with E-state index in [1.807, 2.05) is 0 Å². The van der Waals surface area contributed by atoms with Crippen molar-refractivity contribution in [1.29, 1.82) is 0 Å². The predicted octanol–water partition coefficient (Wildman–Crippen LogP) is 1.39. The van der Waals surface area contributed by atoms with Crippen LogP contribution in [0.1, 0.15) is 27.6 Å². The Kier molecular flexibility index (Phi) is 7.95. The van der Waals surface area contributed by atoms with Crippen LogP contribution in [0.4, 0.5) is 11.4 Å². The lowest BCUT2D eigenvalue weighted by Crippen LogP contribution is -2.33. The van der Waals surface area contributed by atoms with Gasteiger partial charge in [-0.3, -0.25) is 19.2 Å². The molecule has 0 aliphatic rings. The van der Waals surface area contributed by atoms with E-state index in [0.717, 1.165) is 0 Å². The summed E-state index contributed by atoms with van der Waals surface area (Å²) < 4.78 is 10.3. The number of nitrogens with one attached hydrogen (secondary N) is 4. The Morgan fingerprint density at radius 2 is 1.32 bits per heavy atom. The second kappa shape index (κ2) is 10.6. The van der Waals surface area contributed by atoms with Crippen LogP contribution in [0, 0.1) is 0 Å². The van der Waals surface area contributed by atoms with Crippen LogP contribution in [-0.4, -0.2) is 51.4 Å². The van der Waals surface area contributed by atoms with Gasteiger partial charge in [-0.25, -0.2) is 0 Å². The second-order valence-electron chi connectivity index (χ2n) is 6.32. The highest BCUT2D eigenvalue weighted by Crippen LogP contribution is 2.23. The van der Waals surface area contributed by atoms with Gasteiger partial charge in [0.2, 0.25) is 11.8 Å². The highest BCUT2D eigenvalue weighted by molar-refractivity contribution is 6.03. The minimum atomic E-state index is -0.556. The number of benzene rings is 2. The third kappa shape index (κ3) is 6.20. The number of carbonyl (C=O) groups is 4. The van der Waals surface area contributed by atoms with Gasteiger partial charge in [0.15, 0.2) is 0 Å². The zero-order valence-electron chi connectivity index (χ0n) is 17.6. The maximum Gasteiger partial charge on any atom is 0.255 e. The first-order valence-electron chi connectivity index (χ1n) is 9.22. The molecule has 4 N–H and O–H groups in total. The molecule has 0 aromatic heterocycles. The molecule has 0 bridgehead atoms. The van der Waals surface area contributed by atoms with Crippen LogP contribution in [-0.2, 0) is 9.59 Å². The van der Waals surface area contributed by atoms with Crippen molar-refractivity contribution < 1.29 is 28.7 Å². The van der Waals surface area contributed by atoms with E-state index < -0.39 is 11.8 Å². The van der Waals surface area contributed by atoms with E-state index >= 15 is 0 Å². The van der Waals surface area contributed by atoms with Gasteiger partial charge >= 0.3 is 0 Å². The summed E-state index contributed by atoms with van der Waals surface area (Å²) in [6, 6.07) is 9.18. The van der Waals surface area contributed by atoms with Crippen LogP contribution in [0.15, 0.2) is 36.4 Å². The number of anilines is 2. The quantitative estimate of drug-likeness (QED) is 0.502. The van der Waals surface area contributed by atoms with Gasteiger partial charge in [0.25, 0.3) is 11.8 Å². The average Bonchev–Trinajstić information content (AvgIpc) is 2.76. The van der Waals surface area contributed by atoms with Crippen LogP contribution >= 0.6 is 0 Å². The van der Waals surface area contributed by atoms with Gasteiger partial charge in [-0.15, -0.1) is 0 Å². The van der Waals surface area contributed by atoms with Gasteiger partial charge < -0.3 is 30.7 Å². The van der Waals surface area contributed by atoms with E-state index in [0.29, 0.717) is 17.1 Å². The molecule has 164 valence electrons. The Balaban J connectivity index is 2.07. The SMILES string of the molecule is CNC(=O)c1cc(NC(=O)CNC(=O)c2cc(NC(C)=O)ccc2OC)ccc1OC. The smallest absolute Gasteiger partial charge is 0.255 e. The molecule has 0 aliphatic carbocycles. The Morgan fingerprint density at radius 3 is 1.81 bits per heavy atom. The van der Waals surface area contributed by atoms with E-state index in [4.69, 9.17) is 9.47 Å². The molecule has 0 atom stereocenters. The summed E-state index contributed by atoms with van der Waals surface area (Å²) in [7, 11) is 4.33. The molecule has 31 heavy (non-hydrogen) atoms. The summed E-state index contributed by atoms with van der Waals surface area (Å²) in [5.41, 5.74) is 1.20. The zero-order chi connectivity index (χ0) is 23.0. The molecule has 0 radical (unpaired) electrons. The molecule has 0 spiro atoms. The molecule has 10 nitrogen and oxygen atoms in total. The van der Waals surface area contributed by atoms with Crippen molar-refractivity contribution in [2.45, 2.75) is 6.92 Å². The maximum absolute atomic E-state index is 12.5. The van der Waals surface area contributed by atoms with Gasteiger partial charge in [0.1, 0.15) is 11.5 Å². The van der Waals surface area contributed by atoms with Crippen LogP contribution < -0.4 is 30.7 Å². The van der Waals surface area contributed by atoms with Gasteiger partial charge in [-0.2, -0.15) is 0 Å². The summed E-state index contributed by atoms with van der Waals surface area (Å²) in [5.74, 6) is -1.06. The number of ether oxygens (including phenoxy) is 2. The zero-order valence-corrected chi connectivity index (χ0v) is 17.6. The summed E-state index contributed by atoms with van der Waals surface area (Å²) in [5, 5.41) is 10.2. The molecule has 2 rings (SSSR count). The number of carbonyl (C=O) groups excluding carboxylic acids is 4. The molecule has 0 saturated heterocycles. The van der Waals surface area contributed by atoms with Crippen LogP contribution in [0.5, 0.6) is 11.5 Å². The fourth-order valence-corrected chi connectivity index (χ4v) is 2.73. The molecule has 4 amide bonds. The Bertz CT molecular complexity index is 1010. The van der Waals surface area contributed by atoms with Crippen LogP contribution in [0.25, 0.3) is 0 Å². The van der Waals surface area contributed by atoms with Crippen molar-refractivity contribution in [3.63, 3.8) is 0 Å². The Morgan fingerprint density at radius 1 is 0.806 bits per heavy atom. The minimum Gasteiger partial charge on any atom is -0.496 e. The number of hydrogen-bond acceptors (Lipinski definition) is 6. The van der Waals surface area contributed by atoms with Crippen molar-refractivity contribution in [2.75, 3.05) is 38.4 Å². The molecule has 2 aromatic carbocycles. The van der Waals surface area contributed by atoms with Crippen molar-refractivity contribution in [2.24, 2.45) is 0 Å². The number of hydrogen-bond donors (Lipinski definition) is 4. The van der Waals surface area contributed by atoms with Crippen molar-refractivity contribution >= 4 is 35.0 Å². The third-order valence-corrected chi connectivity index (χ3v) is 4.13. The lowest BCUT2D eigenvalue weighted by molar-refractivity contribution is -0.115. The minimum absolute atomic E-state index is 0.160.